The number of nitrogens with zero attached hydrogens (tertiary/aromatic N) is 1. The molecule has 1 N–H and O–H groups in total. The molecular weight excluding hydrogens is 252 g/mol. The first kappa shape index (κ1) is 13.4. The molecule has 2 saturated heterocycles. The zero-order chi connectivity index (χ0) is 11.7. The monoisotopic (exact) mass is 270 g/mol. The average molecular weight is 271 g/mol. The Morgan fingerprint density at radius 3 is 2.50 bits per heavy atom. The second kappa shape index (κ2) is 5.76. The normalized spacial score (nSPS) is 27.2. The van der Waals surface area contributed by atoms with E-state index in [0.29, 0.717) is 5.76 Å². The summed E-state index contributed by atoms with van der Waals surface area (Å²) < 4.78 is 5.18. The Morgan fingerprint density at radius 1 is 1.28 bits per heavy atom. The van der Waals surface area contributed by atoms with Crippen molar-refractivity contribution in [1.29, 1.82) is 0 Å². The molecule has 0 bridgehead atoms. The zero-order valence-corrected chi connectivity index (χ0v) is 11.1. The second-order valence-electron chi connectivity index (χ2n) is 5.03. The molecule has 1 amide bonds. The smallest absolute Gasteiger partial charge is 0.289 e. The fourth-order valence-corrected chi connectivity index (χ4v) is 2.98. The van der Waals surface area contributed by atoms with Crippen LogP contribution in [0.25, 0.3) is 0 Å². The Labute approximate surface area is 113 Å². The van der Waals surface area contributed by atoms with Crippen LogP contribution in [0.15, 0.2) is 22.8 Å². The van der Waals surface area contributed by atoms with E-state index in [9.17, 15) is 4.79 Å². The lowest BCUT2D eigenvalue weighted by Crippen LogP contribution is -2.32. The summed E-state index contributed by atoms with van der Waals surface area (Å²) in [7, 11) is 0. The summed E-state index contributed by atoms with van der Waals surface area (Å²) in [4.78, 5) is 14.1. The first-order valence-corrected chi connectivity index (χ1v) is 6.38. The number of halogens is 1. The summed E-state index contributed by atoms with van der Waals surface area (Å²) in [5.74, 6) is 2.02. The van der Waals surface area contributed by atoms with Gasteiger partial charge in [-0.15, -0.1) is 12.4 Å². The predicted molar refractivity (Wildman–Crippen MR) is 70.9 cm³/mol. The van der Waals surface area contributed by atoms with Gasteiger partial charge in [0, 0.05) is 13.1 Å². The highest BCUT2D eigenvalue weighted by molar-refractivity contribution is 5.91. The van der Waals surface area contributed by atoms with Gasteiger partial charge in [-0.2, -0.15) is 0 Å². The predicted octanol–water partition coefficient (Wildman–Crippen LogP) is 1.77. The van der Waals surface area contributed by atoms with E-state index in [1.165, 1.54) is 0 Å². The van der Waals surface area contributed by atoms with Crippen LogP contribution >= 0.6 is 12.4 Å². The Bertz CT molecular complexity index is 380. The van der Waals surface area contributed by atoms with Crippen molar-refractivity contribution in [1.82, 2.24) is 10.2 Å². The van der Waals surface area contributed by atoms with Gasteiger partial charge >= 0.3 is 0 Å². The van der Waals surface area contributed by atoms with E-state index in [2.05, 4.69) is 5.32 Å². The number of rotatable bonds is 1. The Morgan fingerprint density at radius 2 is 1.94 bits per heavy atom. The van der Waals surface area contributed by atoms with Crippen LogP contribution in [0, 0.1) is 11.8 Å². The average Bonchev–Trinajstić information content (AvgIpc) is 2.97. The van der Waals surface area contributed by atoms with Crippen LogP contribution in [-0.2, 0) is 0 Å². The number of nitrogens with one attached hydrogen (secondary N) is 1. The summed E-state index contributed by atoms with van der Waals surface area (Å²) in [5.41, 5.74) is 0. The molecule has 3 rings (SSSR count). The molecule has 0 spiro atoms. The second-order valence-corrected chi connectivity index (χ2v) is 5.03. The highest BCUT2D eigenvalue weighted by Crippen LogP contribution is 2.27. The van der Waals surface area contributed by atoms with E-state index in [0.717, 1.165) is 50.9 Å². The molecule has 1 aromatic rings. The summed E-state index contributed by atoms with van der Waals surface area (Å²) in [6, 6.07) is 3.51. The van der Waals surface area contributed by atoms with Gasteiger partial charge in [-0.1, -0.05) is 0 Å². The standard InChI is InChI=1S/C13H18N2O2.ClH/c16-13(12-2-1-7-17-12)15-5-3-10-8-14-9-11(10)4-6-15;/h1-2,7,10-11,14H,3-6,8-9H2;1H/t10-,11+;. The molecule has 2 atom stereocenters. The number of fused-ring (bicyclic) bond motifs is 1. The van der Waals surface area contributed by atoms with Gasteiger partial charge in [0.2, 0.25) is 0 Å². The quantitative estimate of drug-likeness (QED) is 0.846. The maximum absolute atomic E-state index is 12.1. The van der Waals surface area contributed by atoms with E-state index >= 15 is 0 Å². The van der Waals surface area contributed by atoms with Crippen LogP contribution in [-0.4, -0.2) is 37.0 Å². The molecule has 0 unspecified atom stereocenters. The molecule has 5 heteroatoms. The molecule has 2 aliphatic rings. The van der Waals surface area contributed by atoms with Crippen molar-refractivity contribution in [3.05, 3.63) is 24.2 Å². The lowest BCUT2D eigenvalue weighted by atomic mass is 9.92. The van der Waals surface area contributed by atoms with Gasteiger partial charge < -0.3 is 14.6 Å². The fraction of sp³-hybridized carbons (Fsp3) is 0.615. The molecular formula is C13H19ClN2O2. The molecule has 100 valence electrons. The van der Waals surface area contributed by atoms with Crippen molar-refractivity contribution < 1.29 is 9.21 Å². The lowest BCUT2D eigenvalue weighted by molar-refractivity contribution is 0.0726. The zero-order valence-electron chi connectivity index (χ0n) is 10.3. The van der Waals surface area contributed by atoms with E-state index in [1.807, 2.05) is 4.90 Å². The summed E-state index contributed by atoms with van der Waals surface area (Å²) >= 11 is 0. The third kappa shape index (κ3) is 2.54. The number of carbonyl (C=O) groups excluding carboxylic acids is 1. The van der Waals surface area contributed by atoms with Crippen LogP contribution in [0.5, 0.6) is 0 Å². The van der Waals surface area contributed by atoms with E-state index in [4.69, 9.17) is 4.42 Å². The number of hydrogen-bond acceptors (Lipinski definition) is 3. The van der Waals surface area contributed by atoms with Crippen LogP contribution in [0.1, 0.15) is 23.4 Å². The van der Waals surface area contributed by atoms with Crippen molar-refractivity contribution in [2.24, 2.45) is 11.8 Å². The van der Waals surface area contributed by atoms with Gasteiger partial charge in [0.05, 0.1) is 6.26 Å². The van der Waals surface area contributed by atoms with Gasteiger partial charge in [-0.3, -0.25) is 4.79 Å². The van der Waals surface area contributed by atoms with Crippen LogP contribution < -0.4 is 5.32 Å². The van der Waals surface area contributed by atoms with Crippen molar-refractivity contribution in [2.75, 3.05) is 26.2 Å². The number of likely N-dealkylation sites (tertiary alicyclic amines) is 1. The van der Waals surface area contributed by atoms with Crippen molar-refractivity contribution >= 4 is 18.3 Å². The molecule has 0 aromatic carbocycles. The topological polar surface area (TPSA) is 45.5 Å². The molecule has 3 heterocycles. The minimum atomic E-state index is 0. The summed E-state index contributed by atoms with van der Waals surface area (Å²) in [6.07, 6.45) is 3.79. The molecule has 4 nitrogen and oxygen atoms in total. The number of carbonyl (C=O) groups is 1. The summed E-state index contributed by atoms with van der Waals surface area (Å²) in [6.45, 7) is 3.96. The number of furan rings is 1. The Balaban J connectivity index is 0.00000120. The maximum Gasteiger partial charge on any atom is 0.289 e. The number of hydrogen-bond donors (Lipinski definition) is 1. The number of amides is 1. The largest absolute Gasteiger partial charge is 0.459 e. The highest BCUT2D eigenvalue weighted by Gasteiger charge is 2.32. The molecule has 0 radical (unpaired) electrons. The third-order valence-corrected chi connectivity index (χ3v) is 4.04. The van der Waals surface area contributed by atoms with E-state index < -0.39 is 0 Å². The SMILES string of the molecule is Cl.O=C(c1ccco1)N1CC[C@@H]2CNC[C@@H]2CC1. The Kier molecular flexibility index (Phi) is 4.30. The minimum absolute atomic E-state index is 0. The van der Waals surface area contributed by atoms with Crippen molar-refractivity contribution in [3.8, 4) is 0 Å². The molecule has 18 heavy (non-hydrogen) atoms. The maximum atomic E-state index is 12.1. The van der Waals surface area contributed by atoms with Crippen LogP contribution in [0.3, 0.4) is 0 Å². The molecule has 0 saturated carbocycles. The molecule has 2 fully saturated rings. The first-order chi connectivity index (χ1) is 8.34. The summed E-state index contributed by atoms with van der Waals surface area (Å²) in [5, 5.41) is 3.44. The minimum Gasteiger partial charge on any atom is -0.459 e. The third-order valence-electron chi connectivity index (χ3n) is 4.04. The molecule has 0 aliphatic carbocycles. The van der Waals surface area contributed by atoms with Gasteiger partial charge in [-0.25, -0.2) is 0 Å². The van der Waals surface area contributed by atoms with Gasteiger partial charge in [0.25, 0.3) is 5.91 Å². The van der Waals surface area contributed by atoms with Crippen molar-refractivity contribution in [2.45, 2.75) is 12.8 Å². The van der Waals surface area contributed by atoms with Gasteiger partial charge in [0.15, 0.2) is 5.76 Å². The van der Waals surface area contributed by atoms with Gasteiger partial charge in [-0.05, 0) is 49.9 Å². The first-order valence-electron chi connectivity index (χ1n) is 6.38. The molecule has 1 aromatic heterocycles. The van der Waals surface area contributed by atoms with E-state index in [-0.39, 0.29) is 18.3 Å². The Hall–Kier alpha value is -1.00. The van der Waals surface area contributed by atoms with Gasteiger partial charge in [0.1, 0.15) is 0 Å². The van der Waals surface area contributed by atoms with E-state index in [1.54, 1.807) is 18.4 Å². The lowest BCUT2D eigenvalue weighted by Gasteiger charge is -2.19. The fourth-order valence-electron chi connectivity index (χ4n) is 2.98. The van der Waals surface area contributed by atoms with Crippen molar-refractivity contribution in [3.63, 3.8) is 0 Å². The van der Waals surface area contributed by atoms with Crippen LogP contribution in [0.4, 0.5) is 0 Å². The molecule has 2 aliphatic heterocycles. The highest BCUT2D eigenvalue weighted by atomic mass is 35.5. The van der Waals surface area contributed by atoms with Crippen LogP contribution in [0.2, 0.25) is 0 Å².